The zero-order chi connectivity index (χ0) is 16.4. The Labute approximate surface area is 134 Å². The maximum Gasteiger partial charge on any atom is 0.323 e. The Kier molecular flexibility index (Phi) is 4.18. The van der Waals surface area contributed by atoms with Gasteiger partial charge in [0.15, 0.2) is 5.82 Å². The molecule has 2 aromatic rings. The monoisotopic (exact) mass is 317 g/mol. The number of piperazine rings is 1. The lowest BCUT2D eigenvalue weighted by atomic mass is 10.2. The fourth-order valence-corrected chi connectivity index (χ4v) is 2.67. The molecule has 6 nitrogen and oxygen atoms in total. The van der Waals surface area contributed by atoms with Crippen molar-refractivity contribution in [1.82, 2.24) is 14.7 Å². The second kappa shape index (κ2) is 6.28. The van der Waals surface area contributed by atoms with Crippen molar-refractivity contribution in [3.63, 3.8) is 0 Å². The zero-order valence-electron chi connectivity index (χ0n) is 13.3. The third kappa shape index (κ3) is 3.28. The molecule has 7 heteroatoms. The van der Waals surface area contributed by atoms with Crippen molar-refractivity contribution >= 4 is 17.5 Å². The summed E-state index contributed by atoms with van der Waals surface area (Å²) in [5.74, 6) is 0.320. The highest BCUT2D eigenvalue weighted by molar-refractivity contribution is 5.88. The molecule has 23 heavy (non-hydrogen) atoms. The molecule has 1 saturated heterocycles. The smallest absolute Gasteiger partial charge is 0.323 e. The van der Waals surface area contributed by atoms with Crippen LogP contribution in [0.1, 0.15) is 5.69 Å². The van der Waals surface area contributed by atoms with Gasteiger partial charge in [0, 0.05) is 45.0 Å². The van der Waals surface area contributed by atoms with Crippen LogP contribution in [0.5, 0.6) is 0 Å². The van der Waals surface area contributed by atoms with Crippen molar-refractivity contribution in [3.05, 3.63) is 41.8 Å². The topological polar surface area (TPSA) is 53.4 Å². The molecule has 2 heterocycles. The van der Waals surface area contributed by atoms with E-state index in [0.29, 0.717) is 37.7 Å². The van der Waals surface area contributed by atoms with Crippen LogP contribution in [0.4, 0.5) is 20.7 Å². The zero-order valence-corrected chi connectivity index (χ0v) is 13.3. The van der Waals surface area contributed by atoms with Gasteiger partial charge in [0.2, 0.25) is 0 Å². The van der Waals surface area contributed by atoms with Gasteiger partial charge in [-0.2, -0.15) is 5.10 Å². The number of aromatic nitrogens is 2. The fraction of sp³-hybridized carbons (Fsp3) is 0.375. The van der Waals surface area contributed by atoms with Crippen LogP contribution in [0, 0.1) is 12.7 Å². The Morgan fingerprint density at radius 2 is 1.91 bits per heavy atom. The van der Waals surface area contributed by atoms with Gasteiger partial charge in [-0.25, -0.2) is 9.18 Å². The number of aryl methyl sites for hydroxylation is 2. The fourth-order valence-electron chi connectivity index (χ4n) is 2.67. The Hall–Kier alpha value is -2.57. The number of amides is 2. The van der Waals surface area contributed by atoms with Crippen molar-refractivity contribution in [1.29, 1.82) is 0 Å². The Bertz CT molecular complexity index is 687. The number of anilines is 2. The first-order chi connectivity index (χ1) is 11.0. The van der Waals surface area contributed by atoms with Crippen molar-refractivity contribution in [3.8, 4) is 0 Å². The van der Waals surface area contributed by atoms with Gasteiger partial charge in [0.05, 0.1) is 5.69 Å². The van der Waals surface area contributed by atoms with Crippen LogP contribution >= 0.6 is 0 Å². The molecule has 0 saturated carbocycles. The van der Waals surface area contributed by atoms with E-state index in [1.165, 1.54) is 6.07 Å². The van der Waals surface area contributed by atoms with Gasteiger partial charge in [-0.1, -0.05) is 12.1 Å². The highest BCUT2D eigenvalue weighted by Gasteiger charge is 2.23. The lowest BCUT2D eigenvalue weighted by Crippen LogP contribution is -2.50. The molecule has 2 amide bonds. The van der Waals surface area contributed by atoms with Gasteiger partial charge in [-0.3, -0.25) is 10.00 Å². The minimum absolute atomic E-state index is 0.170. The van der Waals surface area contributed by atoms with Crippen LogP contribution in [-0.4, -0.2) is 46.9 Å². The number of carbonyl (C=O) groups excluding carboxylic acids is 1. The van der Waals surface area contributed by atoms with Gasteiger partial charge < -0.3 is 9.80 Å². The summed E-state index contributed by atoms with van der Waals surface area (Å²) >= 11 is 0. The highest BCUT2D eigenvalue weighted by Crippen LogP contribution is 2.20. The predicted molar refractivity (Wildman–Crippen MR) is 87.1 cm³/mol. The average Bonchev–Trinajstić information content (AvgIpc) is 2.86. The number of benzene rings is 1. The molecule has 1 aliphatic heterocycles. The van der Waals surface area contributed by atoms with Crippen LogP contribution in [0.3, 0.4) is 0 Å². The summed E-state index contributed by atoms with van der Waals surface area (Å²) in [4.78, 5) is 16.0. The van der Waals surface area contributed by atoms with Crippen molar-refractivity contribution in [2.75, 3.05) is 36.4 Å². The van der Waals surface area contributed by atoms with Gasteiger partial charge in [0.25, 0.3) is 0 Å². The van der Waals surface area contributed by atoms with Crippen LogP contribution in [-0.2, 0) is 7.05 Å². The van der Waals surface area contributed by atoms with E-state index in [2.05, 4.69) is 10.4 Å². The number of carbonyl (C=O) groups is 1. The molecule has 0 spiro atoms. The first-order valence-electron chi connectivity index (χ1n) is 7.60. The first-order valence-corrected chi connectivity index (χ1v) is 7.60. The highest BCUT2D eigenvalue weighted by atomic mass is 19.1. The van der Waals surface area contributed by atoms with E-state index in [4.69, 9.17) is 0 Å². The van der Waals surface area contributed by atoms with E-state index < -0.39 is 0 Å². The number of hydrogen-bond acceptors (Lipinski definition) is 3. The van der Waals surface area contributed by atoms with E-state index in [9.17, 15) is 9.18 Å². The van der Waals surface area contributed by atoms with Crippen LogP contribution in [0.2, 0.25) is 0 Å². The maximum atomic E-state index is 13.8. The molecule has 1 aromatic carbocycles. The van der Waals surface area contributed by atoms with Gasteiger partial charge in [-0.15, -0.1) is 0 Å². The first kappa shape index (κ1) is 15.3. The molecule has 3 rings (SSSR count). The van der Waals surface area contributed by atoms with Gasteiger partial charge in [0.1, 0.15) is 5.82 Å². The SMILES string of the molecule is Cc1cc(NC(=O)N2CCN(c3ccccc3F)CC2)nn1C. The number of nitrogens with one attached hydrogen (secondary N) is 1. The lowest BCUT2D eigenvalue weighted by Gasteiger charge is -2.36. The van der Waals surface area contributed by atoms with Crippen LogP contribution in [0.15, 0.2) is 30.3 Å². The van der Waals surface area contributed by atoms with Gasteiger partial charge >= 0.3 is 6.03 Å². The van der Waals surface area contributed by atoms with Crippen LogP contribution < -0.4 is 10.2 Å². The summed E-state index contributed by atoms with van der Waals surface area (Å²) in [5.41, 5.74) is 1.57. The summed E-state index contributed by atoms with van der Waals surface area (Å²) in [6.07, 6.45) is 0. The van der Waals surface area contributed by atoms with E-state index in [1.807, 2.05) is 31.0 Å². The predicted octanol–water partition coefficient (Wildman–Crippen LogP) is 2.22. The molecule has 0 unspecified atom stereocenters. The standard InChI is InChI=1S/C16H20FN5O/c1-12-11-15(19-20(12)2)18-16(23)22-9-7-21(8-10-22)14-6-4-3-5-13(14)17/h3-6,11H,7-10H2,1-2H3,(H,18,19,23). The minimum atomic E-state index is -0.227. The number of hydrogen-bond donors (Lipinski definition) is 1. The van der Waals surface area contributed by atoms with Crippen LogP contribution in [0.25, 0.3) is 0 Å². The molecule has 1 aromatic heterocycles. The number of urea groups is 1. The summed E-state index contributed by atoms with van der Waals surface area (Å²) in [7, 11) is 1.83. The van der Waals surface area contributed by atoms with E-state index in [-0.39, 0.29) is 11.8 Å². The number of rotatable bonds is 2. The Balaban J connectivity index is 1.58. The summed E-state index contributed by atoms with van der Waals surface area (Å²) < 4.78 is 15.5. The minimum Gasteiger partial charge on any atom is -0.366 e. The van der Waals surface area contributed by atoms with Crippen molar-refractivity contribution in [2.24, 2.45) is 7.05 Å². The van der Waals surface area contributed by atoms with E-state index in [1.54, 1.807) is 21.7 Å². The molecule has 1 N–H and O–H groups in total. The van der Waals surface area contributed by atoms with E-state index in [0.717, 1.165) is 5.69 Å². The summed E-state index contributed by atoms with van der Waals surface area (Å²) in [5, 5.41) is 7.02. The van der Waals surface area contributed by atoms with Crippen molar-refractivity contribution < 1.29 is 9.18 Å². The molecule has 0 atom stereocenters. The number of nitrogens with zero attached hydrogens (tertiary/aromatic N) is 4. The Morgan fingerprint density at radius 3 is 2.52 bits per heavy atom. The second-order valence-corrected chi connectivity index (χ2v) is 5.65. The molecule has 122 valence electrons. The Morgan fingerprint density at radius 1 is 1.22 bits per heavy atom. The molecule has 0 aliphatic carbocycles. The summed E-state index contributed by atoms with van der Waals surface area (Å²) in [6.45, 7) is 4.24. The largest absolute Gasteiger partial charge is 0.366 e. The van der Waals surface area contributed by atoms with E-state index >= 15 is 0 Å². The van der Waals surface area contributed by atoms with Gasteiger partial charge in [-0.05, 0) is 19.1 Å². The lowest BCUT2D eigenvalue weighted by molar-refractivity contribution is 0.208. The van der Waals surface area contributed by atoms with Crippen molar-refractivity contribution in [2.45, 2.75) is 6.92 Å². The molecular formula is C16H20FN5O. The molecule has 0 bridgehead atoms. The number of para-hydroxylation sites is 1. The molecule has 1 aliphatic rings. The summed E-state index contributed by atoms with van der Waals surface area (Å²) in [6, 6.07) is 8.38. The molecular weight excluding hydrogens is 297 g/mol. The second-order valence-electron chi connectivity index (χ2n) is 5.65. The quantitative estimate of drug-likeness (QED) is 0.924. The molecule has 1 fully saturated rings. The average molecular weight is 317 g/mol. The third-order valence-electron chi connectivity index (χ3n) is 4.11. The normalized spacial score (nSPS) is 14.9. The maximum absolute atomic E-state index is 13.8. The molecule has 0 radical (unpaired) electrons. The number of halogens is 1. The third-order valence-corrected chi connectivity index (χ3v) is 4.11.